The number of carbonyl (C=O) groups is 1. The average molecular weight is 332 g/mol. The molecule has 0 spiro atoms. The Balaban J connectivity index is 1.36. The Morgan fingerprint density at radius 3 is 2.70 bits per heavy atom. The zero-order valence-corrected chi connectivity index (χ0v) is 13.7. The molecule has 2 aliphatic rings. The average Bonchev–Trinajstić information content (AvgIpc) is 3.32. The van der Waals surface area contributed by atoms with Crippen LogP contribution in [0.1, 0.15) is 23.2 Å². The van der Waals surface area contributed by atoms with Crippen LogP contribution in [0.2, 0.25) is 0 Å². The smallest absolute Gasteiger partial charge is 0.254 e. The van der Waals surface area contributed by atoms with E-state index in [1.807, 2.05) is 23.1 Å². The minimum atomic E-state index is -0.197. The lowest BCUT2D eigenvalue weighted by molar-refractivity contribution is 0.0489. The SMILES string of the molecule is O=C(c1ccc2nsnc2c1)N1CCN(C[C@H](O)C2CC2)CC1. The van der Waals surface area contributed by atoms with Crippen LogP contribution in [-0.4, -0.2) is 68.4 Å². The third kappa shape index (κ3) is 3.22. The summed E-state index contributed by atoms with van der Waals surface area (Å²) >= 11 is 1.17. The number of hydrogen-bond acceptors (Lipinski definition) is 6. The zero-order valence-electron chi connectivity index (χ0n) is 12.9. The Morgan fingerprint density at radius 2 is 1.96 bits per heavy atom. The Labute approximate surface area is 139 Å². The lowest BCUT2D eigenvalue weighted by Crippen LogP contribution is -2.50. The van der Waals surface area contributed by atoms with E-state index in [2.05, 4.69) is 13.6 Å². The molecular weight excluding hydrogens is 312 g/mol. The number of nitrogens with zero attached hydrogens (tertiary/aromatic N) is 4. The lowest BCUT2D eigenvalue weighted by Gasteiger charge is -2.35. The van der Waals surface area contributed by atoms with Gasteiger partial charge in [0.15, 0.2) is 0 Å². The van der Waals surface area contributed by atoms with Gasteiger partial charge in [-0.15, -0.1) is 0 Å². The Morgan fingerprint density at radius 1 is 1.22 bits per heavy atom. The van der Waals surface area contributed by atoms with Gasteiger partial charge in [-0.05, 0) is 37.0 Å². The Bertz CT molecular complexity index is 707. The van der Waals surface area contributed by atoms with Gasteiger partial charge in [-0.2, -0.15) is 8.75 Å². The molecular formula is C16H20N4O2S. The van der Waals surface area contributed by atoms with Crippen molar-refractivity contribution in [1.82, 2.24) is 18.5 Å². The fraction of sp³-hybridized carbons (Fsp3) is 0.562. The quantitative estimate of drug-likeness (QED) is 0.912. The Kier molecular flexibility index (Phi) is 4.00. The van der Waals surface area contributed by atoms with Crippen LogP contribution < -0.4 is 0 Å². The van der Waals surface area contributed by atoms with E-state index in [4.69, 9.17) is 0 Å². The first-order chi connectivity index (χ1) is 11.2. The van der Waals surface area contributed by atoms with Crippen LogP contribution in [0.4, 0.5) is 0 Å². The van der Waals surface area contributed by atoms with Gasteiger partial charge >= 0.3 is 0 Å². The molecule has 1 aromatic carbocycles. The van der Waals surface area contributed by atoms with Gasteiger partial charge in [-0.1, -0.05) is 0 Å². The van der Waals surface area contributed by atoms with E-state index in [9.17, 15) is 9.90 Å². The molecule has 1 aromatic heterocycles. The van der Waals surface area contributed by atoms with E-state index in [1.54, 1.807) is 0 Å². The molecule has 1 N–H and O–H groups in total. The van der Waals surface area contributed by atoms with Crippen LogP contribution in [0.25, 0.3) is 11.0 Å². The highest BCUT2D eigenvalue weighted by Crippen LogP contribution is 2.32. The number of rotatable bonds is 4. The van der Waals surface area contributed by atoms with Gasteiger partial charge < -0.3 is 10.0 Å². The second kappa shape index (κ2) is 6.14. The van der Waals surface area contributed by atoms with Crippen molar-refractivity contribution in [1.29, 1.82) is 0 Å². The highest BCUT2D eigenvalue weighted by Gasteiger charge is 2.32. The van der Waals surface area contributed by atoms with Crippen molar-refractivity contribution in [2.45, 2.75) is 18.9 Å². The third-order valence-corrected chi connectivity index (χ3v) is 5.33. The maximum atomic E-state index is 12.6. The number of carbonyl (C=O) groups excluding carboxylic acids is 1. The zero-order chi connectivity index (χ0) is 15.8. The highest BCUT2D eigenvalue weighted by atomic mass is 32.1. The summed E-state index contributed by atoms with van der Waals surface area (Å²) in [4.78, 5) is 16.8. The van der Waals surface area contributed by atoms with Gasteiger partial charge in [-0.25, -0.2) is 0 Å². The summed E-state index contributed by atoms with van der Waals surface area (Å²) in [5.74, 6) is 0.565. The number of aliphatic hydroxyl groups is 1. The maximum absolute atomic E-state index is 12.6. The van der Waals surface area contributed by atoms with E-state index in [-0.39, 0.29) is 12.0 Å². The summed E-state index contributed by atoms with van der Waals surface area (Å²) < 4.78 is 8.36. The number of benzene rings is 1. The molecule has 0 radical (unpaired) electrons. The van der Waals surface area contributed by atoms with Gasteiger partial charge in [0.25, 0.3) is 5.91 Å². The predicted octanol–water partition coefficient (Wildman–Crippen LogP) is 1.22. The van der Waals surface area contributed by atoms with Crippen molar-refractivity contribution < 1.29 is 9.90 Å². The molecule has 1 amide bonds. The molecule has 4 rings (SSSR count). The summed E-state index contributed by atoms with van der Waals surface area (Å²) in [6, 6.07) is 5.51. The highest BCUT2D eigenvalue weighted by molar-refractivity contribution is 7.00. The van der Waals surface area contributed by atoms with Gasteiger partial charge in [-0.3, -0.25) is 9.69 Å². The van der Waals surface area contributed by atoms with Crippen LogP contribution >= 0.6 is 11.7 Å². The summed E-state index contributed by atoms with van der Waals surface area (Å²) in [6.45, 7) is 3.82. The summed E-state index contributed by atoms with van der Waals surface area (Å²) in [5.41, 5.74) is 2.30. The van der Waals surface area contributed by atoms with Crippen molar-refractivity contribution >= 4 is 28.7 Å². The number of aliphatic hydroxyl groups excluding tert-OH is 1. The number of amides is 1. The molecule has 1 saturated heterocycles. The maximum Gasteiger partial charge on any atom is 0.254 e. The molecule has 1 atom stereocenters. The molecule has 2 fully saturated rings. The molecule has 7 heteroatoms. The van der Waals surface area contributed by atoms with E-state index < -0.39 is 0 Å². The number of aromatic nitrogens is 2. The molecule has 6 nitrogen and oxygen atoms in total. The second-order valence-electron chi connectivity index (χ2n) is 6.47. The summed E-state index contributed by atoms with van der Waals surface area (Å²) in [5, 5.41) is 10.0. The molecule has 2 heterocycles. The monoisotopic (exact) mass is 332 g/mol. The van der Waals surface area contributed by atoms with Gasteiger partial charge in [0.05, 0.1) is 17.8 Å². The summed E-state index contributed by atoms with van der Waals surface area (Å²) in [7, 11) is 0. The van der Waals surface area contributed by atoms with Gasteiger partial charge in [0.2, 0.25) is 0 Å². The normalized spacial score (nSPS) is 20.8. The number of fused-ring (bicyclic) bond motifs is 1. The fourth-order valence-corrected chi connectivity index (χ4v) is 3.64. The van der Waals surface area contributed by atoms with Crippen molar-refractivity contribution in [2.75, 3.05) is 32.7 Å². The van der Waals surface area contributed by atoms with E-state index in [0.717, 1.165) is 43.5 Å². The van der Waals surface area contributed by atoms with Gasteiger partial charge in [0, 0.05) is 38.3 Å². The van der Waals surface area contributed by atoms with Crippen molar-refractivity contribution in [3.63, 3.8) is 0 Å². The van der Waals surface area contributed by atoms with Crippen LogP contribution in [-0.2, 0) is 0 Å². The minimum Gasteiger partial charge on any atom is -0.392 e. The number of β-amino-alcohol motifs (C(OH)–C–C–N with tert-alkyl or cyclic N) is 1. The van der Waals surface area contributed by atoms with Crippen LogP contribution in [0, 0.1) is 5.92 Å². The first-order valence-corrected chi connectivity index (χ1v) is 8.86. The first kappa shape index (κ1) is 15.0. The first-order valence-electron chi connectivity index (χ1n) is 8.13. The molecule has 122 valence electrons. The Hall–Kier alpha value is -1.57. The van der Waals surface area contributed by atoms with Crippen LogP contribution in [0.15, 0.2) is 18.2 Å². The number of hydrogen-bond donors (Lipinski definition) is 1. The second-order valence-corrected chi connectivity index (χ2v) is 6.99. The molecule has 0 bridgehead atoms. The van der Waals surface area contributed by atoms with Crippen molar-refractivity contribution in [3.05, 3.63) is 23.8 Å². The predicted molar refractivity (Wildman–Crippen MR) is 88.5 cm³/mol. The van der Waals surface area contributed by atoms with Crippen LogP contribution in [0.5, 0.6) is 0 Å². The van der Waals surface area contributed by atoms with Gasteiger partial charge in [0.1, 0.15) is 11.0 Å². The molecule has 1 aliphatic carbocycles. The number of piperazine rings is 1. The van der Waals surface area contributed by atoms with E-state index in [1.165, 1.54) is 11.7 Å². The molecule has 1 saturated carbocycles. The molecule has 2 aromatic rings. The van der Waals surface area contributed by atoms with Crippen molar-refractivity contribution in [2.24, 2.45) is 5.92 Å². The van der Waals surface area contributed by atoms with Crippen molar-refractivity contribution in [3.8, 4) is 0 Å². The van der Waals surface area contributed by atoms with Crippen LogP contribution in [0.3, 0.4) is 0 Å². The minimum absolute atomic E-state index is 0.0577. The molecule has 23 heavy (non-hydrogen) atoms. The molecule has 1 aliphatic heterocycles. The molecule has 0 unspecified atom stereocenters. The standard InChI is InChI=1S/C16H20N4O2S/c21-15(11-1-2-11)10-19-5-7-20(8-6-19)16(22)12-3-4-13-14(9-12)18-23-17-13/h3-4,9,11,15,21H,1-2,5-8,10H2/t15-/m0/s1. The fourth-order valence-electron chi connectivity index (χ4n) is 3.13. The summed E-state index contributed by atoms with van der Waals surface area (Å²) in [6.07, 6.45) is 2.12. The topological polar surface area (TPSA) is 69.6 Å². The largest absolute Gasteiger partial charge is 0.392 e. The van der Waals surface area contributed by atoms with E-state index >= 15 is 0 Å². The lowest BCUT2D eigenvalue weighted by atomic mass is 10.1. The van der Waals surface area contributed by atoms with E-state index in [0.29, 0.717) is 24.6 Å². The third-order valence-electron chi connectivity index (χ3n) is 4.77.